The molecule has 0 aromatic heterocycles. The van der Waals surface area contributed by atoms with E-state index >= 15 is 0 Å². The third-order valence-electron chi connectivity index (χ3n) is 2.17. The fourth-order valence-corrected chi connectivity index (χ4v) is 1.32. The molecule has 0 spiro atoms. The predicted octanol–water partition coefficient (Wildman–Crippen LogP) is 0.679. The summed E-state index contributed by atoms with van der Waals surface area (Å²) in [4.78, 5) is 22.3. The first-order valence-corrected chi connectivity index (χ1v) is 5.68. The molecule has 4 nitrogen and oxygen atoms in total. The standard InChI is InChI=1S/C14H16N2O2/c1-11(16-12(2)17)14(18)15-10-6-9-13-7-4-3-5-8-13/h3-5,7-8,11H,10H2,1-2H3,(H,15,18)(H,16,17)/t11-/m1/s1. The molecule has 1 aromatic rings. The average molecular weight is 244 g/mol. The van der Waals surface area contributed by atoms with Crippen LogP contribution >= 0.6 is 0 Å². The van der Waals surface area contributed by atoms with Gasteiger partial charge in [-0.05, 0) is 19.1 Å². The van der Waals surface area contributed by atoms with Gasteiger partial charge in [-0.3, -0.25) is 9.59 Å². The molecule has 94 valence electrons. The van der Waals surface area contributed by atoms with E-state index < -0.39 is 6.04 Å². The molecular formula is C14H16N2O2. The third-order valence-corrected chi connectivity index (χ3v) is 2.17. The molecule has 0 fully saturated rings. The van der Waals surface area contributed by atoms with Crippen molar-refractivity contribution in [3.8, 4) is 11.8 Å². The predicted molar refractivity (Wildman–Crippen MR) is 69.6 cm³/mol. The summed E-state index contributed by atoms with van der Waals surface area (Å²) < 4.78 is 0. The van der Waals surface area contributed by atoms with Crippen molar-refractivity contribution >= 4 is 11.8 Å². The highest BCUT2D eigenvalue weighted by atomic mass is 16.2. The van der Waals surface area contributed by atoms with Crippen LogP contribution in [-0.2, 0) is 9.59 Å². The summed E-state index contributed by atoms with van der Waals surface area (Å²) in [5.41, 5.74) is 0.904. The Morgan fingerprint density at radius 3 is 2.56 bits per heavy atom. The second-order valence-corrected chi connectivity index (χ2v) is 3.81. The molecule has 0 saturated heterocycles. The van der Waals surface area contributed by atoms with E-state index in [1.165, 1.54) is 6.92 Å². The topological polar surface area (TPSA) is 58.2 Å². The number of carbonyl (C=O) groups is 2. The molecule has 1 atom stereocenters. The number of benzene rings is 1. The first kappa shape index (κ1) is 13.8. The maximum atomic E-state index is 11.5. The summed E-state index contributed by atoms with van der Waals surface area (Å²) in [5, 5.41) is 5.13. The third kappa shape index (κ3) is 5.17. The summed E-state index contributed by atoms with van der Waals surface area (Å²) >= 11 is 0. The molecule has 1 aromatic carbocycles. The molecule has 0 aliphatic heterocycles. The summed E-state index contributed by atoms with van der Waals surface area (Å²) in [6, 6.07) is 8.98. The average Bonchev–Trinajstić information content (AvgIpc) is 2.34. The van der Waals surface area contributed by atoms with Crippen LogP contribution in [0.5, 0.6) is 0 Å². The lowest BCUT2D eigenvalue weighted by molar-refractivity contribution is -0.127. The largest absolute Gasteiger partial charge is 0.345 e. The molecule has 1 rings (SSSR count). The SMILES string of the molecule is CC(=O)N[C@H](C)C(=O)NCC#Cc1ccccc1. The lowest BCUT2D eigenvalue weighted by Gasteiger charge is -2.10. The van der Waals surface area contributed by atoms with Gasteiger partial charge in [-0.1, -0.05) is 30.0 Å². The van der Waals surface area contributed by atoms with Gasteiger partial charge in [0.1, 0.15) is 6.04 Å². The van der Waals surface area contributed by atoms with E-state index in [4.69, 9.17) is 0 Å². The van der Waals surface area contributed by atoms with Gasteiger partial charge in [0.15, 0.2) is 0 Å². The highest BCUT2D eigenvalue weighted by molar-refractivity contribution is 5.86. The first-order chi connectivity index (χ1) is 8.59. The first-order valence-electron chi connectivity index (χ1n) is 5.68. The van der Waals surface area contributed by atoms with Crippen molar-refractivity contribution < 1.29 is 9.59 Å². The number of rotatable bonds is 3. The Hall–Kier alpha value is -2.28. The van der Waals surface area contributed by atoms with Crippen molar-refractivity contribution in [2.75, 3.05) is 6.54 Å². The van der Waals surface area contributed by atoms with Gasteiger partial charge in [-0.25, -0.2) is 0 Å². The number of amides is 2. The van der Waals surface area contributed by atoms with E-state index in [-0.39, 0.29) is 18.4 Å². The zero-order chi connectivity index (χ0) is 13.4. The monoisotopic (exact) mass is 244 g/mol. The van der Waals surface area contributed by atoms with Crippen molar-refractivity contribution in [1.29, 1.82) is 0 Å². The van der Waals surface area contributed by atoms with Crippen LogP contribution in [0.25, 0.3) is 0 Å². The Balaban J connectivity index is 2.36. The van der Waals surface area contributed by atoms with Crippen LogP contribution in [0.1, 0.15) is 19.4 Å². The van der Waals surface area contributed by atoms with E-state index in [1.807, 2.05) is 30.3 Å². The minimum Gasteiger partial charge on any atom is -0.345 e. The van der Waals surface area contributed by atoms with Gasteiger partial charge < -0.3 is 10.6 Å². The molecule has 0 aliphatic carbocycles. The Bertz CT molecular complexity index is 472. The van der Waals surface area contributed by atoms with Crippen molar-refractivity contribution in [2.45, 2.75) is 19.9 Å². The van der Waals surface area contributed by atoms with Crippen LogP contribution in [0.15, 0.2) is 30.3 Å². The Morgan fingerprint density at radius 2 is 1.94 bits per heavy atom. The summed E-state index contributed by atoms with van der Waals surface area (Å²) in [7, 11) is 0. The van der Waals surface area contributed by atoms with E-state index in [1.54, 1.807) is 6.92 Å². The molecular weight excluding hydrogens is 228 g/mol. The highest BCUT2D eigenvalue weighted by Gasteiger charge is 2.11. The van der Waals surface area contributed by atoms with E-state index in [0.29, 0.717) is 0 Å². The van der Waals surface area contributed by atoms with E-state index in [2.05, 4.69) is 22.5 Å². The Morgan fingerprint density at radius 1 is 1.28 bits per heavy atom. The zero-order valence-corrected chi connectivity index (χ0v) is 10.5. The smallest absolute Gasteiger partial charge is 0.243 e. The van der Waals surface area contributed by atoms with Crippen LogP contribution < -0.4 is 10.6 Å². The molecule has 0 heterocycles. The van der Waals surface area contributed by atoms with Gasteiger partial charge in [0.25, 0.3) is 0 Å². The van der Waals surface area contributed by atoms with Crippen LogP contribution in [0.2, 0.25) is 0 Å². The minimum atomic E-state index is -0.541. The maximum absolute atomic E-state index is 11.5. The molecule has 2 amide bonds. The summed E-state index contributed by atoms with van der Waals surface area (Å²) in [6.07, 6.45) is 0. The number of hydrogen-bond acceptors (Lipinski definition) is 2. The normalized spacial score (nSPS) is 10.8. The second-order valence-electron chi connectivity index (χ2n) is 3.81. The quantitative estimate of drug-likeness (QED) is 0.768. The summed E-state index contributed by atoms with van der Waals surface area (Å²) in [6.45, 7) is 3.26. The van der Waals surface area contributed by atoms with Crippen LogP contribution in [-0.4, -0.2) is 24.4 Å². The number of nitrogens with one attached hydrogen (secondary N) is 2. The van der Waals surface area contributed by atoms with Crippen molar-refractivity contribution in [1.82, 2.24) is 10.6 Å². The van der Waals surface area contributed by atoms with Crippen molar-refractivity contribution in [3.05, 3.63) is 35.9 Å². The molecule has 0 aliphatic rings. The van der Waals surface area contributed by atoms with Gasteiger partial charge in [0.05, 0.1) is 6.54 Å². The van der Waals surface area contributed by atoms with Crippen LogP contribution in [0, 0.1) is 11.8 Å². The van der Waals surface area contributed by atoms with Gasteiger partial charge in [0.2, 0.25) is 11.8 Å². The van der Waals surface area contributed by atoms with Crippen molar-refractivity contribution in [2.24, 2.45) is 0 Å². The lowest BCUT2D eigenvalue weighted by atomic mass is 10.2. The molecule has 0 saturated carbocycles. The Kier molecular flexibility index (Phi) is 5.46. The van der Waals surface area contributed by atoms with Gasteiger partial charge in [0, 0.05) is 12.5 Å². The number of carbonyl (C=O) groups excluding carboxylic acids is 2. The molecule has 0 bridgehead atoms. The molecule has 2 N–H and O–H groups in total. The van der Waals surface area contributed by atoms with Gasteiger partial charge >= 0.3 is 0 Å². The minimum absolute atomic E-state index is 0.229. The van der Waals surface area contributed by atoms with Gasteiger partial charge in [-0.2, -0.15) is 0 Å². The van der Waals surface area contributed by atoms with Gasteiger partial charge in [-0.15, -0.1) is 0 Å². The number of hydrogen-bond donors (Lipinski definition) is 2. The van der Waals surface area contributed by atoms with E-state index in [0.717, 1.165) is 5.56 Å². The molecule has 4 heteroatoms. The fraction of sp³-hybridized carbons (Fsp3) is 0.286. The van der Waals surface area contributed by atoms with Crippen molar-refractivity contribution in [3.63, 3.8) is 0 Å². The molecule has 18 heavy (non-hydrogen) atoms. The zero-order valence-electron chi connectivity index (χ0n) is 10.5. The maximum Gasteiger partial charge on any atom is 0.243 e. The van der Waals surface area contributed by atoms with E-state index in [9.17, 15) is 9.59 Å². The molecule has 0 radical (unpaired) electrons. The fourth-order valence-electron chi connectivity index (χ4n) is 1.32. The second kappa shape index (κ2) is 7.13. The molecule has 0 unspecified atom stereocenters. The lowest BCUT2D eigenvalue weighted by Crippen LogP contribution is -2.44. The summed E-state index contributed by atoms with van der Waals surface area (Å²) in [5.74, 6) is 5.30. The highest BCUT2D eigenvalue weighted by Crippen LogP contribution is 1.94. The van der Waals surface area contributed by atoms with Crippen LogP contribution in [0.3, 0.4) is 0 Å². The van der Waals surface area contributed by atoms with Crippen LogP contribution in [0.4, 0.5) is 0 Å². The Labute approximate surface area is 107 Å².